The maximum Gasteiger partial charge on any atom is 0.242 e. The van der Waals surface area contributed by atoms with Crippen LogP contribution in [-0.2, 0) is 4.79 Å². The number of carbonyl (C=O) groups is 1. The number of hydrogen-bond donors (Lipinski definition) is 3. The summed E-state index contributed by atoms with van der Waals surface area (Å²) in [6, 6.07) is 0. The molecule has 0 fully saturated rings. The van der Waals surface area contributed by atoms with Crippen molar-refractivity contribution in [2.24, 2.45) is 5.16 Å². The predicted octanol–water partition coefficient (Wildman–Crippen LogP) is -0.245. The molecule has 0 unspecified atom stereocenters. The SMILES string of the molecule is Nc1nc(C(=NO)C(=O)S)ns1. The average molecular weight is 204 g/mol. The van der Waals surface area contributed by atoms with Gasteiger partial charge in [-0.3, -0.25) is 4.79 Å². The summed E-state index contributed by atoms with van der Waals surface area (Å²) >= 11 is 4.35. The van der Waals surface area contributed by atoms with Gasteiger partial charge in [-0.05, 0) is 0 Å². The van der Waals surface area contributed by atoms with E-state index < -0.39 is 5.12 Å². The summed E-state index contributed by atoms with van der Waals surface area (Å²) < 4.78 is 3.65. The van der Waals surface area contributed by atoms with E-state index in [1.54, 1.807) is 0 Å². The number of hydrogen-bond acceptors (Lipinski definition) is 7. The molecular formula is C4H4N4O2S2. The summed E-state index contributed by atoms with van der Waals surface area (Å²) in [5.41, 5.74) is 4.93. The highest BCUT2D eigenvalue weighted by atomic mass is 32.1. The molecular weight excluding hydrogens is 200 g/mol. The Morgan fingerprint density at radius 3 is 2.75 bits per heavy atom. The van der Waals surface area contributed by atoms with Crippen LogP contribution < -0.4 is 5.73 Å². The number of nitrogens with two attached hydrogens (primary N) is 1. The molecule has 0 atom stereocenters. The maximum atomic E-state index is 10.6. The fraction of sp³-hybridized carbons (Fsp3) is 0. The summed E-state index contributed by atoms with van der Waals surface area (Å²) in [5.74, 6) is -0.0139. The van der Waals surface area contributed by atoms with E-state index in [0.29, 0.717) is 0 Å². The molecule has 6 nitrogen and oxygen atoms in total. The molecule has 1 heterocycles. The number of nitrogen functional groups attached to an aromatic ring is 1. The number of rotatable bonds is 2. The quantitative estimate of drug-likeness (QED) is 0.267. The second kappa shape index (κ2) is 3.50. The van der Waals surface area contributed by atoms with Crippen LogP contribution in [0.1, 0.15) is 5.82 Å². The highest BCUT2D eigenvalue weighted by molar-refractivity contribution is 7.99. The van der Waals surface area contributed by atoms with Crippen molar-refractivity contribution in [2.75, 3.05) is 5.73 Å². The molecule has 0 aliphatic carbocycles. The van der Waals surface area contributed by atoms with E-state index in [1.165, 1.54) is 0 Å². The van der Waals surface area contributed by atoms with E-state index >= 15 is 0 Å². The lowest BCUT2D eigenvalue weighted by atomic mass is 10.4. The monoisotopic (exact) mass is 204 g/mol. The van der Waals surface area contributed by atoms with Crippen LogP contribution in [0.2, 0.25) is 0 Å². The van der Waals surface area contributed by atoms with Crippen LogP contribution in [0.5, 0.6) is 0 Å². The Labute approximate surface area is 76.7 Å². The Hall–Kier alpha value is -1.15. The molecule has 1 rings (SSSR count). The van der Waals surface area contributed by atoms with Crippen molar-refractivity contribution in [2.45, 2.75) is 0 Å². The predicted molar refractivity (Wildman–Crippen MR) is 46.6 cm³/mol. The van der Waals surface area contributed by atoms with Gasteiger partial charge in [-0.1, -0.05) is 17.8 Å². The van der Waals surface area contributed by atoms with E-state index in [4.69, 9.17) is 10.9 Å². The Morgan fingerprint density at radius 1 is 1.75 bits per heavy atom. The minimum Gasteiger partial charge on any atom is -0.410 e. The van der Waals surface area contributed by atoms with Crippen LogP contribution >= 0.6 is 24.2 Å². The molecule has 1 aromatic heterocycles. The van der Waals surface area contributed by atoms with Gasteiger partial charge < -0.3 is 10.9 Å². The maximum absolute atomic E-state index is 10.6. The molecule has 0 saturated heterocycles. The molecule has 0 amide bonds. The molecule has 64 valence electrons. The zero-order valence-electron chi connectivity index (χ0n) is 5.63. The number of carbonyl (C=O) groups excluding carboxylic acids is 1. The molecule has 0 radical (unpaired) electrons. The van der Waals surface area contributed by atoms with Gasteiger partial charge in [0.15, 0.2) is 5.13 Å². The van der Waals surface area contributed by atoms with Gasteiger partial charge in [0, 0.05) is 11.5 Å². The van der Waals surface area contributed by atoms with E-state index in [2.05, 4.69) is 27.1 Å². The number of aromatic nitrogens is 2. The normalized spacial score (nSPS) is 11.6. The lowest BCUT2D eigenvalue weighted by Gasteiger charge is -1.89. The Balaban J connectivity index is 3.04. The van der Waals surface area contributed by atoms with Gasteiger partial charge >= 0.3 is 0 Å². The van der Waals surface area contributed by atoms with Crippen LogP contribution in [0, 0.1) is 0 Å². The van der Waals surface area contributed by atoms with Gasteiger partial charge in [-0.25, -0.2) is 0 Å². The number of oxime groups is 1. The fourth-order valence-corrected chi connectivity index (χ4v) is 1.09. The van der Waals surface area contributed by atoms with Gasteiger partial charge in [-0.2, -0.15) is 9.36 Å². The van der Waals surface area contributed by atoms with E-state index in [1.807, 2.05) is 0 Å². The molecule has 3 N–H and O–H groups in total. The lowest BCUT2D eigenvalue weighted by Crippen LogP contribution is -2.11. The first-order chi connectivity index (χ1) is 5.65. The van der Waals surface area contributed by atoms with Crippen LogP contribution in [0.4, 0.5) is 5.13 Å². The van der Waals surface area contributed by atoms with E-state index in [9.17, 15) is 4.79 Å². The minimum absolute atomic E-state index is 0.0139. The second-order valence-electron chi connectivity index (χ2n) is 1.71. The molecule has 0 saturated carbocycles. The molecule has 0 aliphatic heterocycles. The topological polar surface area (TPSA) is 101 Å². The van der Waals surface area contributed by atoms with Crippen molar-refractivity contribution >= 4 is 40.1 Å². The minimum atomic E-state index is -0.713. The molecule has 1 aromatic rings. The summed E-state index contributed by atoms with van der Waals surface area (Å²) in [4.78, 5) is 14.3. The van der Waals surface area contributed by atoms with Crippen LogP contribution in [0.25, 0.3) is 0 Å². The van der Waals surface area contributed by atoms with Crippen LogP contribution in [-0.4, -0.2) is 25.4 Å². The van der Waals surface area contributed by atoms with Gasteiger partial charge in [0.05, 0.1) is 0 Å². The van der Waals surface area contributed by atoms with Gasteiger partial charge in [0.1, 0.15) is 0 Å². The Bertz CT molecular complexity index is 334. The first-order valence-corrected chi connectivity index (χ1v) is 3.92. The molecule has 0 spiro atoms. The van der Waals surface area contributed by atoms with Gasteiger partial charge in [0.2, 0.25) is 16.7 Å². The third-order valence-corrected chi connectivity index (χ3v) is 1.71. The molecule has 0 aliphatic rings. The van der Waals surface area contributed by atoms with E-state index in [0.717, 1.165) is 11.5 Å². The summed E-state index contributed by atoms with van der Waals surface area (Å²) in [6.45, 7) is 0. The van der Waals surface area contributed by atoms with Crippen molar-refractivity contribution in [3.8, 4) is 0 Å². The van der Waals surface area contributed by atoms with Gasteiger partial charge in [0.25, 0.3) is 0 Å². The first-order valence-electron chi connectivity index (χ1n) is 2.70. The fourth-order valence-electron chi connectivity index (χ4n) is 0.515. The van der Waals surface area contributed by atoms with Crippen molar-refractivity contribution in [3.63, 3.8) is 0 Å². The highest BCUT2D eigenvalue weighted by Gasteiger charge is 2.15. The van der Waals surface area contributed by atoms with Crippen molar-refractivity contribution < 1.29 is 10.0 Å². The highest BCUT2D eigenvalue weighted by Crippen LogP contribution is 2.07. The number of thiol groups is 1. The third-order valence-electron chi connectivity index (χ3n) is 0.956. The number of nitrogens with zero attached hydrogens (tertiary/aromatic N) is 3. The molecule has 0 bridgehead atoms. The summed E-state index contributed by atoms with van der Waals surface area (Å²) in [6.07, 6.45) is 0. The molecule has 8 heteroatoms. The zero-order chi connectivity index (χ0) is 9.14. The zero-order valence-corrected chi connectivity index (χ0v) is 7.34. The van der Waals surface area contributed by atoms with Crippen molar-refractivity contribution in [3.05, 3.63) is 5.82 Å². The Morgan fingerprint density at radius 2 is 2.42 bits per heavy atom. The molecule has 12 heavy (non-hydrogen) atoms. The lowest BCUT2D eigenvalue weighted by molar-refractivity contribution is -0.105. The van der Waals surface area contributed by atoms with Crippen molar-refractivity contribution in [1.29, 1.82) is 0 Å². The second-order valence-corrected chi connectivity index (χ2v) is 2.90. The Kier molecular flexibility index (Phi) is 2.61. The first kappa shape index (κ1) is 8.94. The summed E-state index contributed by atoms with van der Waals surface area (Å²) in [5, 5.41) is 10.5. The smallest absolute Gasteiger partial charge is 0.242 e. The summed E-state index contributed by atoms with van der Waals surface area (Å²) in [7, 11) is 0. The number of anilines is 1. The van der Waals surface area contributed by atoms with Crippen LogP contribution in [0.15, 0.2) is 5.16 Å². The largest absolute Gasteiger partial charge is 0.410 e. The van der Waals surface area contributed by atoms with Crippen LogP contribution in [0.3, 0.4) is 0 Å². The molecule has 0 aromatic carbocycles. The average Bonchev–Trinajstić information content (AvgIpc) is 2.37. The van der Waals surface area contributed by atoms with Gasteiger partial charge in [-0.15, -0.1) is 0 Å². The third kappa shape index (κ3) is 1.71. The van der Waals surface area contributed by atoms with Crippen molar-refractivity contribution in [1.82, 2.24) is 9.36 Å². The van der Waals surface area contributed by atoms with E-state index in [-0.39, 0.29) is 16.7 Å². The standard InChI is InChI=1S/C4H4N4O2S2/c5-4-6-2(8-12-4)1(7-10)3(9)11/h10H,(H,9,11)(H2,5,6,8).